The zero-order valence-corrected chi connectivity index (χ0v) is 38.4. The van der Waals surface area contributed by atoms with Gasteiger partial charge in [0.15, 0.2) is 0 Å². The van der Waals surface area contributed by atoms with Gasteiger partial charge in [0.1, 0.15) is 7.85 Å². The van der Waals surface area contributed by atoms with Crippen LogP contribution in [-0.2, 0) is 10.8 Å². The summed E-state index contributed by atoms with van der Waals surface area (Å²) in [6.07, 6.45) is 13.8. The van der Waals surface area contributed by atoms with Crippen molar-refractivity contribution >= 4 is 76.4 Å². The molecule has 14 rings (SSSR count). The normalized spacial score (nSPS) is 20.7. The Hall–Kier alpha value is -6.14. The van der Waals surface area contributed by atoms with E-state index in [1.165, 1.54) is 120 Å². The van der Waals surface area contributed by atoms with E-state index >= 15 is 0 Å². The van der Waals surface area contributed by atoms with E-state index in [1.54, 1.807) is 0 Å². The maximum atomic E-state index is 6.44. The Morgan fingerprint density at radius 1 is 0.631 bits per heavy atom. The van der Waals surface area contributed by atoms with Crippen LogP contribution in [0, 0.1) is 0 Å². The van der Waals surface area contributed by atoms with Crippen LogP contribution in [0.4, 0.5) is 28.4 Å². The molecule has 3 heterocycles. The number of rotatable bonds is 2. The first-order valence-electron chi connectivity index (χ1n) is 23.2. The fraction of sp³-hybridized carbons (Fsp3) is 0.167. The third-order valence-corrected chi connectivity index (χ3v) is 18.0. The second-order valence-electron chi connectivity index (χ2n) is 19.3. The van der Waals surface area contributed by atoms with E-state index in [9.17, 15) is 0 Å². The van der Waals surface area contributed by atoms with Gasteiger partial charge in [-0.2, -0.15) is 0 Å². The molecule has 7 aromatic carbocycles. The molecule has 2 nitrogen and oxygen atoms in total. The number of fused-ring (bicyclic) bond motifs is 14. The lowest BCUT2D eigenvalue weighted by Gasteiger charge is -2.43. The standard InChI is InChI=1S/C60H45BN2S2/c1-34-37-15-4-5-18-40(37)55-42(34)31-51-58(65-54-33-53-48(59(2,3)46-23-11-13-26-52(46)64-53)32-50(54)63(51)36-29-27-35(61)28-30-36)56(55)41-19-14-24-47-57(41)62-49-25-12-10-22-45(49)60(47)43-20-8-6-16-38(43)39-17-7-9-21-44(39)60/h4,6-8,10-17,19-20,22-34,62H,5,9,18,21H2,1-3H3. The maximum Gasteiger partial charge on any atom is 0.113 e. The van der Waals surface area contributed by atoms with Gasteiger partial charge in [0.05, 0.1) is 22.5 Å². The molecule has 0 saturated carbocycles. The Morgan fingerprint density at radius 3 is 2.25 bits per heavy atom. The van der Waals surface area contributed by atoms with Crippen LogP contribution in [0.15, 0.2) is 188 Å². The highest BCUT2D eigenvalue weighted by atomic mass is 32.2. The van der Waals surface area contributed by atoms with Gasteiger partial charge in [-0.3, -0.25) is 0 Å². The molecule has 1 N–H and O–H groups in total. The zero-order valence-electron chi connectivity index (χ0n) is 36.8. The van der Waals surface area contributed by atoms with Crippen LogP contribution < -0.4 is 15.7 Å². The minimum atomic E-state index is -0.414. The summed E-state index contributed by atoms with van der Waals surface area (Å²) >= 11 is 3.88. The number of hydrogen-bond acceptors (Lipinski definition) is 4. The zero-order chi connectivity index (χ0) is 43.3. The number of allylic oxidation sites excluding steroid dienone is 8. The quantitative estimate of drug-likeness (QED) is 0.174. The van der Waals surface area contributed by atoms with Gasteiger partial charge in [0.25, 0.3) is 0 Å². The van der Waals surface area contributed by atoms with Crippen molar-refractivity contribution in [2.45, 2.75) is 82.8 Å². The summed E-state index contributed by atoms with van der Waals surface area (Å²) in [5.41, 5.74) is 25.7. The van der Waals surface area contributed by atoms with Gasteiger partial charge in [-0.25, -0.2) is 0 Å². The molecule has 7 aliphatic rings. The van der Waals surface area contributed by atoms with Crippen LogP contribution in [0.5, 0.6) is 0 Å². The molecule has 0 saturated heterocycles. The summed E-state index contributed by atoms with van der Waals surface area (Å²) < 4.78 is 0. The van der Waals surface area contributed by atoms with Crippen LogP contribution in [-0.4, -0.2) is 7.85 Å². The first-order chi connectivity index (χ1) is 31.8. The molecule has 310 valence electrons. The molecule has 0 aromatic heterocycles. The monoisotopic (exact) mass is 868 g/mol. The van der Waals surface area contributed by atoms with Crippen LogP contribution >= 0.6 is 23.5 Å². The molecule has 5 heteroatoms. The SMILES string of the molecule is [B]c1ccc(N2c3cc4c(cc3Sc3c2cc2c(c3-c3cccc5c3Nc3ccccc3C53C5=C(C=CCC5)c5ccccc53)C3=C(C=CCC3)C2C)Sc2ccccc2C4(C)C)cc1. The van der Waals surface area contributed by atoms with Crippen molar-refractivity contribution in [1.29, 1.82) is 0 Å². The molecule has 2 unspecified atom stereocenters. The highest BCUT2D eigenvalue weighted by Crippen LogP contribution is 2.66. The van der Waals surface area contributed by atoms with E-state index in [4.69, 9.17) is 7.85 Å². The Kier molecular flexibility index (Phi) is 8.04. The lowest BCUT2D eigenvalue weighted by atomic mass is 9.62. The summed E-state index contributed by atoms with van der Waals surface area (Å²) in [7, 11) is 6.44. The largest absolute Gasteiger partial charge is 0.354 e. The number of nitrogens with one attached hydrogen (secondary N) is 1. The summed E-state index contributed by atoms with van der Waals surface area (Å²) in [6, 6.07) is 50.7. The lowest BCUT2D eigenvalue weighted by Crippen LogP contribution is -2.34. The van der Waals surface area contributed by atoms with Gasteiger partial charge in [-0.15, -0.1) is 0 Å². The van der Waals surface area contributed by atoms with Crippen molar-refractivity contribution in [3.8, 4) is 11.1 Å². The Morgan fingerprint density at radius 2 is 1.37 bits per heavy atom. The predicted molar refractivity (Wildman–Crippen MR) is 274 cm³/mol. The molecule has 3 aliphatic heterocycles. The van der Waals surface area contributed by atoms with Gasteiger partial charge in [0, 0.05) is 53.4 Å². The highest BCUT2D eigenvalue weighted by molar-refractivity contribution is 8.00. The van der Waals surface area contributed by atoms with Crippen LogP contribution in [0.3, 0.4) is 0 Å². The fourth-order valence-electron chi connectivity index (χ4n) is 12.8. The topological polar surface area (TPSA) is 15.3 Å². The van der Waals surface area contributed by atoms with E-state index in [0.717, 1.165) is 36.8 Å². The molecular formula is C60H45BN2S2. The van der Waals surface area contributed by atoms with Gasteiger partial charge >= 0.3 is 0 Å². The molecule has 4 aliphatic carbocycles. The summed E-state index contributed by atoms with van der Waals surface area (Å²) in [5, 5.41) is 4.18. The Balaban J connectivity index is 1.08. The first-order valence-corrected chi connectivity index (χ1v) is 24.9. The molecule has 0 fully saturated rings. The second kappa shape index (κ2) is 13.7. The van der Waals surface area contributed by atoms with E-state index < -0.39 is 5.41 Å². The molecule has 0 amide bonds. The summed E-state index contributed by atoms with van der Waals surface area (Å²) in [4.78, 5) is 7.81. The number of benzene rings is 7. The third-order valence-electron chi connectivity index (χ3n) is 15.7. The molecule has 7 aromatic rings. The van der Waals surface area contributed by atoms with Gasteiger partial charge < -0.3 is 10.2 Å². The number of nitrogens with zero attached hydrogens (tertiary/aromatic N) is 1. The number of para-hydroxylation sites is 2. The van der Waals surface area contributed by atoms with Crippen molar-refractivity contribution in [3.05, 3.63) is 213 Å². The molecule has 2 radical (unpaired) electrons. The lowest BCUT2D eigenvalue weighted by molar-refractivity contribution is 0.606. The fourth-order valence-corrected chi connectivity index (χ4v) is 15.5. The van der Waals surface area contributed by atoms with Crippen molar-refractivity contribution in [2.75, 3.05) is 10.2 Å². The molecule has 2 atom stereocenters. The maximum absolute atomic E-state index is 6.44. The Labute approximate surface area is 391 Å². The van der Waals surface area contributed by atoms with Crippen molar-refractivity contribution in [3.63, 3.8) is 0 Å². The average molecular weight is 869 g/mol. The van der Waals surface area contributed by atoms with Crippen LogP contribution in [0.2, 0.25) is 0 Å². The van der Waals surface area contributed by atoms with E-state index in [0.29, 0.717) is 0 Å². The minimum Gasteiger partial charge on any atom is -0.354 e. The highest BCUT2D eigenvalue weighted by Gasteiger charge is 2.52. The van der Waals surface area contributed by atoms with Gasteiger partial charge in [-0.05, 0) is 135 Å². The third kappa shape index (κ3) is 5.06. The molecule has 65 heavy (non-hydrogen) atoms. The smallest absolute Gasteiger partial charge is 0.113 e. The first kappa shape index (κ1) is 38.2. The van der Waals surface area contributed by atoms with Crippen molar-refractivity contribution in [2.24, 2.45) is 0 Å². The van der Waals surface area contributed by atoms with Gasteiger partial charge in [0.2, 0.25) is 0 Å². The summed E-state index contributed by atoms with van der Waals surface area (Å²) in [6.45, 7) is 7.22. The van der Waals surface area contributed by atoms with Crippen molar-refractivity contribution < 1.29 is 0 Å². The average Bonchev–Trinajstić information content (AvgIpc) is 3.79. The second-order valence-corrected chi connectivity index (χ2v) is 21.4. The minimum absolute atomic E-state index is 0.167. The van der Waals surface area contributed by atoms with Gasteiger partial charge in [-0.1, -0.05) is 165 Å². The Bertz CT molecular complexity index is 3420. The number of anilines is 5. The molecule has 0 bridgehead atoms. The predicted octanol–water partition coefficient (Wildman–Crippen LogP) is 15.6. The van der Waals surface area contributed by atoms with E-state index in [-0.39, 0.29) is 11.3 Å². The summed E-state index contributed by atoms with van der Waals surface area (Å²) in [5.74, 6) is 0.263. The molecular weight excluding hydrogens is 824 g/mol. The van der Waals surface area contributed by atoms with E-state index in [1.807, 2.05) is 23.5 Å². The van der Waals surface area contributed by atoms with Crippen molar-refractivity contribution in [1.82, 2.24) is 0 Å². The molecule has 1 spiro atoms. The van der Waals surface area contributed by atoms with Crippen LogP contribution in [0.1, 0.15) is 96.9 Å². The van der Waals surface area contributed by atoms with Crippen LogP contribution in [0.25, 0.3) is 22.3 Å². The number of hydrogen-bond donors (Lipinski definition) is 1. The van der Waals surface area contributed by atoms with E-state index in [2.05, 4.69) is 189 Å².